The fourth-order valence-corrected chi connectivity index (χ4v) is 3.35. The van der Waals surface area contributed by atoms with E-state index < -0.39 is 7.60 Å². The van der Waals surface area contributed by atoms with Gasteiger partial charge in [0.05, 0.1) is 13.2 Å². The number of rotatable bonds is 14. The summed E-state index contributed by atoms with van der Waals surface area (Å²) in [7, 11) is -3.23. The van der Waals surface area contributed by atoms with Crippen LogP contribution in [-0.2, 0) is 18.4 Å². The van der Waals surface area contributed by atoms with Gasteiger partial charge in [0.1, 0.15) is 11.9 Å². The van der Waals surface area contributed by atoms with Crippen LogP contribution in [0, 0.1) is 0 Å². The van der Waals surface area contributed by atoms with Crippen LogP contribution >= 0.6 is 7.60 Å². The van der Waals surface area contributed by atoms with Crippen LogP contribution in [0.1, 0.15) is 72.1 Å². The molecule has 0 N–H and O–H groups in total. The van der Waals surface area contributed by atoms with Crippen LogP contribution in [0.2, 0.25) is 0 Å². The molecule has 0 aliphatic carbocycles. The van der Waals surface area contributed by atoms with E-state index in [2.05, 4.69) is 6.92 Å². The van der Waals surface area contributed by atoms with Gasteiger partial charge in [-0.1, -0.05) is 46.5 Å². The van der Waals surface area contributed by atoms with Crippen LogP contribution in [0.3, 0.4) is 0 Å². The van der Waals surface area contributed by atoms with Gasteiger partial charge in [0.2, 0.25) is 0 Å². The summed E-state index contributed by atoms with van der Waals surface area (Å²) < 4.78 is 23.4. The van der Waals surface area contributed by atoms with E-state index in [1.54, 1.807) is 0 Å². The second-order valence-electron chi connectivity index (χ2n) is 5.14. The molecule has 0 amide bonds. The largest absolute Gasteiger partial charge is 0.338 e. The second kappa shape index (κ2) is 12.6. The summed E-state index contributed by atoms with van der Waals surface area (Å²) in [5.74, 6) is -0.00483. The molecule has 0 aromatic rings. The molecule has 0 bridgehead atoms. The zero-order valence-electron chi connectivity index (χ0n) is 13.4. The van der Waals surface area contributed by atoms with Crippen LogP contribution in [0.5, 0.6) is 0 Å². The van der Waals surface area contributed by atoms with Crippen molar-refractivity contribution in [3.63, 3.8) is 0 Å². The Bertz CT molecular complexity index is 278. The van der Waals surface area contributed by atoms with Gasteiger partial charge in [-0.3, -0.25) is 9.36 Å². The smallest absolute Gasteiger partial charge is 0.308 e. The third kappa shape index (κ3) is 10.6. The van der Waals surface area contributed by atoms with Crippen LogP contribution in [-0.4, -0.2) is 25.2 Å². The lowest BCUT2D eigenvalue weighted by atomic mass is 10.2. The van der Waals surface area contributed by atoms with E-state index in [1.807, 2.05) is 13.8 Å². The van der Waals surface area contributed by atoms with Crippen molar-refractivity contribution in [2.75, 3.05) is 19.4 Å². The maximum absolute atomic E-state index is 12.5. The zero-order valence-corrected chi connectivity index (χ0v) is 14.3. The molecule has 0 aromatic heterocycles. The van der Waals surface area contributed by atoms with Crippen molar-refractivity contribution < 1.29 is 18.4 Å². The lowest BCUT2D eigenvalue weighted by Gasteiger charge is -2.18. The van der Waals surface area contributed by atoms with E-state index in [-0.39, 0.29) is 11.9 Å². The standard InChI is InChI=1S/C15H31O4P/c1-4-7-10-11-15(16)14-20(17,18-12-8-5-2)19-13-9-6-3/h4-14H2,1-3H3. The molecule has 0 unspecified atom stereocenters. The van der Waals surface area contributed by atoms with Gasteiger partial charge >= 0.3 is 7.60 Å². The Morgan fingerprint density at radius 2 is 1.35 bits per heavy atom. The molecule has 0 atom stereocenters. The molecule has 0 rings (SSSR count). The summed E-state index contributed by atoms with van der Waals surface area (Å²) in [4.78, 5) is 11.9. The lowest BCUT2D eigenvalue weighted by molar-refractivity contribution is -0.117. The third-order valence-electron chi connectivity index (χ3n) is 3.00. The van der Waals surface area contributed by atoms with E-state index in [4.69, 9.17) is 9.05 Å². The number of ketones is 1. The number of hydrogen-bond donors (Lipinski definition) is 0. The van der Waals surface area contributed by atoms with Gasteiger partial charge in [0.25, 0.3) is 0 Å². The Labute approximate surface area is 124 Å². The fourth-order valence-electron chi connectivity index (χ4n) is 1.69. The first-order valence-corrected chi connectivity index (χ1v) is 9.70. The van der Waals surface area contributed by atoms with Crippen molar-refractivity contribution in [1.29, 1.82) is 0 Å². The number of carbonyl (C=O) groups is 1. The van der Waals surface area contributed by atoms with Gasteiger partial charge in [-0.25, -0.2) is 0 Å². The molecule has 0 radical (unpaired) electrons. The van der Waals surface area contributed by atoms with Gasteiger partial charge in [-0.05, 0) is 19.3 Å². The second-order valence-corrected chi connectivity index (χ2v) is 7.19. The Kier molecular flexibility index (Phi) is 12.4. The first-order chi connectivity index (χ1) is 9.58. The normalized spacial score (nSPS) is 11.8. The van der Waals surface area contributed by atoms with Crippen LogP contribution < -0.4 is 0 Å². The van der Waals surface area contributed by atoms with E-state index in [0.29, 0.717) is 19.6 Å². The van der Waals surface area contributed by atoms with Gasteiger partial charge in [0, 0.05) is 6.42 Å². The summed E-state index contributed by atoms with van der Waals surface area (Å²) in [6, 6.07) is 0. The molecule has 0 aliphatic heterocycles. The maximum Gasteiger partial charge on any atom is 0.338 e. The van der Waals surface area contributed by atoms with Crippen molar-refractivity contribution in [3.05, 3.63) is 0 Å². The van der Waals surface area contributed by atoms with E-state index in [1.165, 1.54) is 0 Å². The van der Waals surface area contributed by atoms with Gasteiger partial charge in [-0.15, -0.1) is 0 Å². The molecule has 5 heteroatoms. The monoisotopic (exact) mass is 306 g/mol. The molecule has 0 fully saturated rings. The Morgan fingerprint density at radius 1 is 0.850 bits per heavy atom. The highest BCUT2D eigenvalue weighted by molar-refractivity contribution is 7.54. The van der Waals surface area contributed by atoms with Crippen molar-refractivity contribution in [2.45, 2.75) is 72.1 Å². The predicted octanol–water partition coefficient (Wildman–Crippen LogP) is 4.96. The molecule has 0 spiro atoms. The summed E-state index contributed by atoms with van der Waals surface area (Å²) in [6.45, 7) is 6.99. The Morgan fingerprint density at radius 3 is 1.80 bits per heavy atom. The first-order valence-electron chi connectivity index (χ1n) is 7.97. The van der Waals surface area contributed by atoms with Crippen molar-refractivity contribution >= 4 is 13.4 Å². The summed E-state index contributed by atoms with van der Waals surface area (Å²) in [5.41, 5.74) is 0. The summed E-state index contributed by atoms with van der Waals surface area (Å²) in [6.07, 6.45) is 7.00. The third-order valence-corrected chi connectivity index (χ3v) is 4.89. The molecule has 0 saturated heterocycles. The molecule has 0 aromatic carbocycles. The van der Waals surface area contributed by atoms with Crippen LogP contribution in [0.15, 0.2) is 0 Å². The number of carbonyl (C=O) groups excluding carboxylic acids is 1. The average molecular weight is 306 g/mol. The minimum atomic E-state index is -3.23. The number of hydrogen-bond acceptors (Lipinski definition) is 4. The highest BCUT2D eigenvalue weighted by Gasteiger charge is 2.27. The Hall–Kier alpha value is -0.180. The molecular formula is C15H31O4P. The molecule has 20 heavy (non-hydrogen) atoms. The number of Topliss-reactive ketones (excluding diaryl/α,β-unsaturated/α-hetero) is 1. The molecule has 0 aliphatic rings. The average Bonchev–Trinajstić information content (AvgIpc) is 2.39. The predicted molar refractivity (Wildman–Crippen MR) is 83.3 cm³/mol. The maximum atomic E-state index is 12.5. The highest BCUT2D eigenvalue weighted by Crippen LogP contribution is 2.48. The molecular weight excluding hydrogens is 275 g/mol. The van der Waals surface area contributed by atoms with Gasteiger partial charge in [0.15, 0.2) is 0 Å². The fraction of sp³-hybridized carbons (Fsp3) is 0.933. The summed E-state index contributed by atoms with van der Waals surface area (Å²) in [5, 5.41) is 0. The van der Waals surface area contributed by atoms with E-state index in [0.717, 1.165) is 44.9 Å². The van der Waals surface area contributed by atoms with Crippen molar-refractivity contribution in [1.82, 2.24) is 0 Å². The highest BCUT2D eigenvalue weighted by atomic mass is 31.2. The minimum absolute atomic E-state index is 0.00483. The van der Waals surface area contributed by atoms with Gasteiger partial charge < -0.3 is 9.05 Å². The minimum Gasteiger partial charge on any atom is -0.308 e. The van der Waals surface area contributed by atoms with Crippen molar-refractivity contribution in [3.8, 4) is 0 Å². The SMILES string of the molecule is CCCCCC(=O)CP(=O)(OCCCC)OCCCC. The molecule has 0 saturated carbocycles. The first kappa shape index (κ1) is 19.8. The van der Waals surface area contributed by atoms with Crippen molar-refractivity contribution in [2.24, 2.45) is 0 Å². The molecule has 4 nitrogen and oxygen atoms in total. The Balaban J connectivity index is 4.27. The quantitative estimate of drug-likeness (QED) is 0.336. The van der Waals surface area contributed by atoms with E-state index in [9.17, 15) is 9.36 Å². The lowest BCUT2D eigenvalue weighted by Crippen LogP contribution is -2.11. The van der Waals surface area contributed by atoms with E-state index >= 15 is 0 Å². The molecule has 0 heterocycles. The summed E-state index contributed by atoms with van der Waals surface area (Å²) >= 11 is 0. The van der Waals surface area contributed by atoms with Gasteiger partial charge in [-0.2, -0.15) is 0 Å². The number of unbranched alkanes of at least 4 members (excludes halogenated alkanes) is 4. The molecule has 120 valence electrons. The zero-order chi connectivity index (χ0) is 15.3. The van der Waals surface area contributed by atoms with Crippen LogP contribution in [0.4, 0.5) is 0 Å². The van der Waals surface area contributed by atoms with Crippen LogP contribution in [0.25, 0.3) is 0 Å². The topological polar surface area (TPSA) is 52.6 Å².